The van der Waals surface area contributed by atoms with Crippen molar-refractivity contribution in [1.29, 1.82) is 0 Å². The number of rotatable bonds is 5. The predicted molar refractivity (Wildman–Crippen MR) is 82.8 cm³/mol. The van der Waals surface area contributed by atoms with Crippen LogP contribution in [0.1, 0.15) is 11.1 Å². The highest BCUT2D eigenvalue weighted by molar-refractivity contribution is 6.01. The first-order valence-electron chi connectivity index (χ1n) is 6.50. The summed E-state index contributed by atoms with van der Waals surface area (Å²) >= 11 is 0. The Bertz CT molecular complexity index is 653. The summed E-state index contributed by atoms with van der Waals surface area (Å²) in [5.74, 6) is 0.971. The van der Waals surface area contributed by atoms with Gasteiger partial charge < -0.3 is 15.8 Å². The fourth-order valence-corrected chi connectivity index (χ4v) is 1.79. The zero-order valence-electron chi connectivity index (χ0n) is 11.7. The molecule has 0 bridgehead atoms. The van der Waals surface area contributed by atoms with E-state index in [1.807, 2.05) is 30.3 Å². The molecular formula is C16H17N3O2. The quantitative estimate of drug-likeness (QED) is 0.825. The van der Waals surface area contributed by atoms with Crippen LogP contribution in [0.4, 0.5) is 5.82 Å². The zero-order valence-corrected chi connectivity index (χ0v) is 11.7. The topological polar surface area (TPSA) is 77.2 Å². The van der Waals surface area contributed by atoms with Crippen molar-refractivity contribution in [2.24, 2.45) is 5.73 Å². The average Bonchev–Trinajstić information content (AvgIpc) is 2.53. The van der Waals surface area contributed by atoms with E-state index in [0.717, 1.165) is 16.9 Å². The largest absolute Gasteiger partial charge is 0.497 e. The number of nitrogens with zero attached hydrogens (tertiary/aromatic N) is 1. The average molecular weight is 283 g/mol. The molecule has 0 aliphatic heterocycles. The van der Waals surface area contributed by atoms with Gasteiger partial charge in [0.1, 0.15) is 11.6 Å². The smallest absolute Gasteiger partial charge is 0.249 e. The van der Waals surface area contributed by atoms with Gasteiger partial charge in [-0.3, -0.25) is 4.79 Å². The van der Waals surface area contributed by atoms with Gasteiger partial charge >= 0.3 is 0 Å². The van der Waals surface area contributed by atoms with Crippen molar-refractivity contribution >= 4 is 17.8 Å². The third-order valence-electron chi connectivity index (χ3n) is 2.87. The van der Waals surface area contributed by atoms with Crippen molar-refractivity contribution in [2.45, 2.75) is 6.54 Å². The van der Waals surface area contributed by atoms with Crippen LogP contribution in [0.25, 0.3) is 6.08 Å². The molecule has 1 aromatic carbocycles. The van der Waals surface area contributed by atoms with E-state index in [4.69, 9.17) is 10.5 Å². The van der Waals surface area contributed by atoms with E-state index in [1.165, 1.54) is 6.08 Å². The highest BCUT2D eigenvalue weighted by atomic mass is 16.5. The van der Waals surface area contributed by atoms with Gasteiger partial charge in [-0.25, -0.2) is 4.98 Å². The Morgan fingerprint density at radius 2 is 2.24 bits per heavy atom. The number of methoxy groups -OCH3 is 1. The molecule has 21 heavy (non-hydrogen) atoms. The number of hydrogen-bond acceptors (Lipinski definition) is 4. The zero-order chi connectivity index (χ0) is 15.1. The maximum absolute atomic E-state index is 11.9. The van der Waals surface area contributed by atoms with Crippen LogP contribution in [-0.2, 0) is 11.3 Å². The van der Waals surface area contributed by atoms with Crippen molar-refractivity contribution in [1.82, 2.24) is 4.98 Å². The summed E-state index contributed by atoms with van der Waals surface area (Å²) in [5.41, 5.74) is 7.27. The van der Waals surface area contributed by atoms with E-state index in [9.17, 15) is 4.79 Å². The number of amides is 1. The van der Waals surface area contributed by atoms with Crippen molar-refractivity contribution in [3.63, 3.8) is 0 Å². The van der Waals surface area contributed by atoms with Crippen LogP contribution in [0.15, 0.2) is 48.7 Å². The monoisotopic (exact) mass is 283 g/mol. The lowest BCUT2D eigenvalue weighted by Gasteiger charge is -2.06. The van der Waals surface area contributed by atoms with Gasteiger partial charge in [0.25, 0.3) is 0 Å². The predicted octanol–water partition coefficient (Wildman–Crippen LogP) is 2.20. The van der Waals surface area contributed by atoms with Crippen LogP contribution >= 0.6 is 0 Å². The Balaban J connectivity index is 2.05. The molecule has 108 valence electrons. The third-order valence-corrected chi connectivity index (χ3v) is 2.87. The first-order valence-corrected chi connectivity index (χ1v) is 6.50. The Morgan fingerprint density at radius 3 is 3.00 bits per heavy atom. The molecule has 2 rings (SSSR count). The maximum Gasteiger partial charge on any atom is 0.249 e. The molecular weight excluding hydrogens is 266 g/mol. The number of ether oxygens (including phenoxy) is 1. The van der Waals surface area contributed by atoms with Crippen LogP contribution < -0.4 is 15.8 Å². The molecule has 5 heteroatoms. The van der Waals surface area contributed by atoms with Crippen LogP contribution in [-0.4, -0.2) is 18.0 Å². The Hall–Kier alpha value is -2.66. The fourth-order valence-electron chi connectivity index (χ4n) is 1.79. The Morgan fingerprint density at radius 1 is 1.38 bits per heavy atom. The summed E-state index contributed by atoms with van der Waals surface area (Å²) in [6.45, 7) is 0.322. The normalized spacial score (nSPS) is 10.6. The highest BCUT2D eigenvalue weighted by Gasteiger charge is 2.04. The first kappa shape index (κ1) is 14.7. The molecule has 0 radical (unpaired) electrons. The number of anilines is 1. The standard InChI is InChI=1S/C16H17N3O2/c1-21-14-6-2-4-12(10-14)7-8-15(20)19-16-13(11-17)5-3-9-18-16/h2-10H,11,17H2,1H3,(H,18,19,20)/b8-7+. The van der Waals surface area contributed by atoms with Crippen molar-refractivity contribution in [3.05, 3.63) is 59.8 Å². The van der Waals surface area contributed by atoms with Gasteiger partial charge in [0.05, 0.1) is 7.11 Å². The Kier molecular flexibility index (Phi) is 5.06. The van der Waals surface area contributed by atoms with Gasteiger partial charge in [-0.1, -0.05) is 18.2 Å². The fraction of sp³-hybridized carbons (Fsp3) is 0.125. The molecule has 1 aromatic heterocycles. The number of benzene rings is 1. The van der Waals surface area contributed by atoms with Crippen molar-refractivity contribution in [2.75, 3.05) is 12.4 Å². The number of aromatic nitrogens is 1. The minimum Gasteiger partial charge on any atom is -0.497 e. The van der Waals surface area contributed by atoms with Gasteiger partial charge in [-0.2, -0.15) is 0 Å². The second-order valence-corrected chi connectivity index (χ2v) is 4.31. The minimum absolute atomic E-state index is 0.258. The molecule has 0 fully saturated rings. The summed E-state index contributed by atoms with van der Waals surface area (Å²) in [6, 6.07) is 11.0. The lowest BCUT2D eigenvalue weighted by atomic mass is 10.2. The molecule has 5 nitrogen and oxygen atoms in total. The van der Waals surface area contributed by atoms with E-state index < -0.39 is 0 Å². The summed E-state index contributed by atoms with van der Waals surface area (Å²) in [6.07, 6.45) is 4.77. The van der Waals surface area contributed by atoms with Crippen molar-refractivity contribution in [3.8, 4) is 5.75 Å². The van der Waals surface area contributed by atoms with E-state index in [1.54, 1.807) is 25.4 Å². The van der Waals surface area contributed by atoms with Crippen LogP contribution in [0.5, 0.6) is 5.75 Å². The van der Waals surface area contributed by atoms with Gasteiger partial charge in [0, 0.05) is 24.4 Å². The van der Waals surface area contributed by atoms with Crippen LogP contribution in [0.2, 0.25) is 0 Å². The first-order chi connectivity index (χ1) is 10.2. The van der Waals surface area contributed by atoms with Gasteiger partial charge in [0.2, 0.25) is 5.91 Å². The van der Waals surface area contributed by atoms with Gasteiger partial charge in [-0.15, -0.1) is 0 Å². The SMILES string of the molecule is COc1cccc(/C=C/C(=O)Nc2ncccc2CN)c1. The third kappa shape index (κ3) is 4.15. The Labute approximate surface area is 123 Å². The number of pyridine rings is 1. The number of carbonyl (C=O) groups is 1. The number of carbonyl (C=O) groups excluding carboxylic acids is 1. The lowest BCUT2D eigenvalue weighted by Crippen LogP contribution is -2.12. The molecule has 1 amide bonds. The lowest BCUT2D eigenvalue weighted by molar-refractivity contribution is -0.111. The van der Waals surface area contributed by atoms with Gasteiger partial charge in [0.15, 0.2) is 0 Å². The molecule has 0 aliphatic rings. The molecule has 0 saturated heterocycles. The van der Waals surface area contributed by atoms with E-state index >= 15 is 0 Å². The second-order valence-electron chi connectivity index (χ2n) is 4.31. The van der Waals surface area contributed by atoms with E-state index in [-0.39, 0.29) is 5.91 Å². The number of nitrogens with two attached hydrogens (primary N) is 1. The minimum atomic E-state index is -0.258. The van der Waals surface area contributed by atoms with Crippen molar-refractivity contribution < 1.29 is 9.53 Å². The number of hydrogen-bond donors (Lipinski definition) is 2. The summed E-state index contributed by atoms with van der Waals surface area (Å²) in [4.78, 5) is 16.0. The van der Waals surface area contributed by atoms with E-state index in [0.29, 0.717) is 12.4 Å². The molecule has 1 heterocycles. The second kappa shape index (κ2) is 7.21. The molecule has 0 spiro atoms. The molecule has 0 unspecified atom stereocenters. The summed E-state index contributed by atoms with van der Waals surface area (Å²) in [7, 11) is 1.60. The molecule has 3 N–H and O–H groups in total. The van der Waals surface area contributed by atoms with Gasteiger partial charge in [-0.05, 0) is 29.8 Å². The molecule has 0 aliphatic carbocycles. The van der Waals surface area contributed by atoms with E-state index in [2.05, 4.69) is 10.3 Å². The van der Waals surface area contributed by atoms with Crippen LogP contribution in [0, 0.1) is 0 Å². The maximum atomic E-state index is 11.9. The highest BCUT2D eigenvalue weighted by Crippen LogP contribution is 2.14. The molecule has 0 atom stereocenters. The number of nitrogens with one attached hydrogen (secondary N) is 1. The van der Waals surface area contributed by atoms with Crippen LogP contribution in [0.3, 0.4) is 0 Å². The molecule has 2 aromatic rings. The molecule has 0 saturated carbocycles. The summed E-state index contributed by atoms with van der Waals surface area (Å²) in [5, 5.41) is 2.71. The summed E-state index contributed by atoms with van der Waals surface area (Å²) < 4.78 is 5.13.